The van der Waals surface area contributed by atoms with Crippen LogP contribution in [0.1, 0.15) is 25.7 Å². The minimum absolute atomic E-state index is 0.0156. The molecule has 0 atom stereocenters. The average Bonchev–Trinajstić information content (AvgIpc) is 3.05. The Morgan fingerprint density at radius 2 is 2.32 bits per heavy atom. The molecule has 1 fully saturated rings. The third-order valence-electron chi connectivity index (χ3n) is 3.35. The van der Waals surface area contributed by atoms with Gasteiger partial charge in [0.2, 0.25) is 5.91 Å². The van der Waals surface area contributed by atoms with Gasteiger partial charge in [0.25, 0.3) is 0 Å². The maximum atomic E-state index is 11.8. The van der Waals surface area contributed by atoms with Crippen LogP contribution in [0.2, 0.25) is 0 Å². The largest absolute Gasteiger partial charge is 0.383 e. The summed E-state index contributed by atoms with van der Waals surface area (Å²) in [5.74, 6) is -0.0156. The van der Waals surface area contributed by atoms with Crippen LogP contribution >= 0.6 is 0 Å². The quantitative estimate of drug-likeness (QED) is 0.772. The molecule has 0 bridgehead atoms. The Kier molecular flexibility index (Phi) is 5.35. The Bertz CT molecular complexity index is 399. The first kappa shape index (κ1) is 14.0. The molecule has 1 aliphatic rings. The predicted molar refractivity (Wildman–Crippen MR) is 73.0 cm³/mol. The summed E-state index contributed by atoms with van der Waals surface area (Å²) in [4.78, 5) is 11.8. The molecule has 19 heavy (non-hydrogen) atoms. The molecule has 2 rings (SSSR count). The number of carbonyl (C=O) groups excluding carboxylic acids is 1. The fourth-order valence-corrected chi connectivity index (χ4v) is 2.31. The van der Waals surface area contributed by atoms with E-state index in [1.807, 2.05) is 6.20 Å². The minimum atomic E-state index is -0.0156. The van der Waals surface area contributed by atoms with Crippen LogP contribution in [-0.4, -0.2) is 42.0 Å². The summed E-state index contributed by atoms with van der Waals surface area (Å²) in [6.07, 6.45) is 8.37. The van der Waals surface area contributed by atoms with E-state index in [-0.39, 0.29) is 5.91 Å². The molecule has 1 aliphatic carbocycles. The molecular formula is C13H22N4O2. The second-order valence-corrected chi connectivity index (χ2v) is 4.90. The summed E-state index contributed by atoms with van der Waals surface area (Å²) >= 11 is 0. The molecule has 0 saturated heterocycles. The molecule has 0 radical (unpaired) electrons. The van der Waals surface area contributed by atoms with Crippen LogP contribution in [0.15, 0.2) is 12.4 Å². The Morgan fingerprint density at radius 1 is 1.53 bits per heavy atom. The molecule has 0 aliphatic heterocycles. The highest BCUT2D eigenvalue weighted by molar-refractivity contribution is 5.91. The van der Waals surface area contributed by atoms with Crippen LogP contribution in [0.5, 0.6) is 0 Å². The molecule has 6 nitrogen and oxygen atoms in total. The summed E-state index contributed by atoms with van der Waals surface area (Å²) < 4.78 is 6.73. The lowest BCUT2D eigenvalue weighted by Crippen LogP contribution is -2.34. The Hall–Kier alpha value is -1.40. The number of nitrogens with one attached hydrogen (secondary N) is 2. The van der Waals surface area contributed by atoms with Crippen molar-refractivity contribution in [3.63, 3.8) is 0 Å². The zero-order valence-electron chi connectivity index (χ0n) is 11.4. The summed E-state index contributed by atoms with van der Waals surface area (Å²) in [6, 6.07) is 0.509. The molecule has 1 aromatic rings. The third kappa shape index (κ3) is 4.65. The monoisotopic (exact) mass is 266 g/mol. The number of carbonyl (C=O) groups is 1. The van der Waals surface area contributed by atoms with Gasteiger partial charge in [-0.2, -0.15) is 5.10 Å². The number of aromatic nitrogens is 2. The molecule has 106 valence electrons. The van der Waals surface area contributed by atoms with E-state index in [0.29, 0.717) is 25.7 Å². The standard InChI is InChI=1S/C13H22N4O2/c1-19-7-6-17-10-12(8-15-17)16-13(18)9-14-11-4-2-3-5-11/h8,10-11,14H,2-7,9H2,1H3,(H,16,18). The molecule has 1 aromatic heterocycles. The predicted octanol–water partition coefficient (Wildman–Crippen LogP) is 1.00. The molecule has 0 spiro atoms. The number of ether oxygens (including phenoxy) is 1. The lowest BCUT2D eigenvalue weighted by molar-refractivity contribution is -0.115. The first-order valence-electron chi connectivity index (χ1n) is 6.82. The SMILES string of the molecule is COCCn1cc(NC(=O)CNC2CCCC2)cn1. The summed E-state index contributed by atoms with van der Waals surface area (Å²) in [5.41, 5.74) is 0.731. The molecule has 1 amide bonds. The zero-order valence-corrected chi connectivity index (χ0v) is 11.4. The van der Waals surface area contributed by atoms with E-state index < -0.39 is 0 Å². The van der Waals surface area contributed by atoms with Gasteiger partial charge in [-0.3, -0.25) is 9.48 Å². The van der Waals surface area contributed by atoms with E-state index >= 15 is 0 Å². The van der Waals surface area contributed by atoms with Gasteiger partial charge in [-0.1, -0.05) is 12.8 Å². The van der Waals surface area contributed by atoms with Gasteiger partial charge >= 0.3 is 0 Å². The van der Waals surface area contributed by atoms with Crippen molar-refractivity contribution in [1.29, 1.82) is 0 Å². The second kappa shape index (κ2) is 7.25. The zero-order chi connectivity index (χ0) is 13.5. The van der Waals surface area contributed by atoms with E-state index in [2.05, 4.69) is 15.7 Å². The van der Waals surface area contributed by atoms with Crippen molar-refractivity contribution in [2.45, 2.75) is 38.3 Å². The van der Waals surface area contributed by atoms with E-state index in [1.54, 1.807) is 18.0 Å². The number of anilines is 1. The molecular weight excluding hydrogens is 244 g/mol. The number of hydrogen-bond donors (Lipinski definition) is 2. The number of hydrogen-bond acceptors (Lipinski definition) is 4. The Labute approximate surface area is 113 Å². The van der Waals surface area contributed by atoms with Crippen LogP contribution in [0.3, 0.4) is 0 Å². The first-order chi connectivity index (χ1) is 9.28. The number of methoxy groups -OCH3 is 1. The summed E-state index contributed by atoms with van der Waals surface area (Å²) in [7, 11) is 1.65. The summed E-state index contributed by atoms with van der Waals surface area (Å²) in [6.45, 7) is 1.67. The van der Waals surface area contributed by atoms with Gasteiger partial charge in [-0.25, -0.2) is 0 Å². The molecule has 1 heterocycles. The number of rotatable bonds is 7. The van der Waals surface area contributed by atoms with Crippen molar-refractivity contribution >= 4 is 11.6 Å². The van der Waals surface area contributed by atoms with Gasteiger partial charge in [0, 0.05) is 19.3 Å². The fourth-order valence-electron chi connectivity index (χ4n) is 2.31. The second-order valence-electron chi connectivity index (χ2n) is 4.90. The highest BCUT2D eigenvalue weighted by atomic mass is 16.5. The molecule has 0 aromatic carbocycles. The molecule has 1 saturated carbocycles. The van der Waals surface area contributed by atoms with E-state index in [9.17, 15) is 4.79 Å². The van der Waals surface area contributed by atoms with Crippen LogP contribution in [0.4, 0.5) is 5.69 Å². The number of amides is 1. The molecule has 2 N–H and O–H groups in total. The van der Waals surface area contributed by atoms with Gasteiger partial charge in [0.1, 0.15) is 0 Å². The first-order valence-corrected chi connectivity index (χ1v) is 6.82. The topological polar surface area (TPSA) is 68.2 Å². The van der Waals surface area contributed by atoms with Crippen molar-refractivity contribution in [3.05, 3.63) is 12.4 Å². The summed E-state index contributed by atoms with van der Waals surface area (Å²) in [5, 5.41) is 10.3. The third-order valence-corrected chi connectivity index (χ3v) is 3.35. The maximum absolute atomic E-state index is 11.8. The van der Waals surface area contributed by atoms with Gasteiger partial charge in [-0.05, 0) is 12.8 Å². The lowest BCUT2D eigenvalue weighted by atomic mass is 10.2. The maximum Gasteiger partial charge on any atom is 0.238 e. The highest BCUT2D eigenvalue weighted by Gasteiger charge is 2.15. The van der Waals surface area contributed by atoms with Crippen molar-refractivity contribution in [2.24, 2.45) is 0 Å². The van der Waals surface area contributed by atoms with Gasteiger partial charge < -0.3 is 15.4 Å². The Morgan fingerprint density at radius 3 is 3.05 bits per heavy atom. The van der Waals surface area contributed by atoms with Crippen molar-refractivity contribution in [2.75, 3.05) is 25.6 Å². The van der Waals surface area contributed by atoms with Gasteiger partial charge in [0.15, 0.2) is 0 Å². The van der Waals surface area contributed by atoms with E-state index in [1.165, 1.54) is 25.7 Å². The average molecular weight is 266 g/mol. The molecule has 6 heteroatoms. The van der Waals surface area contributed by atoms with Crippen LogP contribution in [0, 0.1) is 0 Å². The van der Waals surface area contributed by atoms with Crippen molar-refractivity contribution in [1.82, 2.24) is 15.1 Å². The van der Waals surface area contributed by atoms with Crippen LogP contribution < -0.4 is 10.6 Å². The number of nitrogens with zero attached hydrogens (tertiary/aromatic N) is 2. The van der Waals surface area contributed by atoms with Crippen LogP contribution in [0.25, 0.3) is 0 Å². The normalized spacial score (nSPS) is 15.8. The fraction of sp³-hybridized carbons (Fsp3) is 0.692. The Balaban J connectivity index is 1.70. The van der Waals surface area contributed by atoms with Gasteiger partial charge in [-0.15, -0.1) is 0 Å². The molecule has 0 unspecified atom stereocenters. The minimum Gasteiger partial charge on any atom is -0.383 e. The highest BCUT2D eigenvalue weighted by Crippen LogP contribution is 2.17. The lowest BCUT2D eigenvalue weighted by Gasteiger charge is -2.10. The van der Waals surface area contributed by atoms with Crippen molar-refractivity contribution in [3.8, 4) is 0 Å². The van der Waals surface area contributed by atoms with Gasteiger partial charge in [0.05, 0.1) is 31.6 Å². The van der Waals surface area contributed by atoms with E-state index in [4.69, 9.17) is 4.74 Å². The van der Waals surface area contributed by atoms with Crippen LogP contribution in [-0.2, 0) is 16.1 Å². The van der Waals surface area contributed by atoms with Crippen molar-refractivity contribution < 1.29 is 9.53 Å². The van der Waals surface area contributed by atoms with E-state index in [0.717, 1.165) is 5.69 Å². The smallest absolute Gasteiger partial charge is 0.238 e.